The lowest BCUT2D eigenvalue weighted by molar-refractivity contribution is 0.112. The Morgan fingerprint density at radius 1 is 1.12 bits per heavy atom. The molecule has 0 fully saturated rings. The fourth-order valence-electron chi connectivity index (χ4n) is 3.48. The molecule has 0 aliphatic heterocycles. The van der Waals surface area contributed by atoms with E-state index < -0.39 is 0 Å². The SMILES string of the molecule is CCCc1ccc(-c2onc3c2CCc2cc(C=O)ccc2-3)cc1. The first-order valence-corrected chi connectivity index (χ1v) is 8.46. The maximum absolute atomic E-state index is 11.0. The lowest BCUT2D eigenvalue weighted by atomic mass is 9.87. The van der Waals surface area contributed by atoms with Gasteiger partial charge in [0.15, 0.2) is 5.76 Å². The number of aromatic nitrogens is 1. The van der Waals surface area contributed by atoms with Gasteiger partial charge in [-0.2, -0.15) is 0 Å². The van der Waals surface area contributed by atoms with E-state index in [0.717, 1.165) is 54.6 Å². The Hall–Kier alpha value is -2.68. The van der Waals surface area contributed by atoms with Crippen LogP contribution in [0.25, 0.3) is 22.6 Å². The predicted molar refractivity (Wildman–Crippen MR) is 94.2 cm³/mol. The summed E-state index contributed by atoms with van der Waals surface area (Å²) in [7, 11) is 0. The third-order valence-corrected chi connectivity index (χ3v) is 4.71. The van der Waals surface area contributed by atoms with Crippen molar-refractivity contribution in [2.45, 2.75) is 32.6 Å². The van der Waals surface area contributed by atoms with Crippen LogP contribution in [0, 0.1) is 0 Å². The molecule has 0 atom stereocenters. The van der Waals surface area contributed by atoms with E-state index in [9.17, 15) is 4.79 Å². The van der Waals surface area contributed by atoms with Gasteiger partial charge in [0, 0.05) is 22.3 Å². The average Bonchev–Trinajstić information content (AvgIpc) is 3.06. The lowest BCUT2D eigenvalue weighted by Gasteiger charge is -2.15. The fourth-order valence-corrected chi connectivity index (χ4v) is 3.48. The minimum absolute atomic E-state index is 0.715. The van der Waals surface area contributed by atoms with Crippen molar-refractivity contribution in [3.05, 3.63) is 64.7 Å². The zero-order chi connectivity index (χ0) is 16.5. The normalized spacial score (nSPS) is 12.5. The number of hydrogen-bond acceptors (Lipinski definition) is 3. The van der Waals surface area contributed by atoms with Gasteiger partial charge in [0.05, 0.1) is 0 Å². The van der Waals surface area contributed by atoms with Crippen molar-refractivity contribution in [2.75, 3.05) is 0 Å². The summed E-state index contributed by atoms with van der Waals surface area (Å²) in [5.41, 5.74) is 7.49. The van der Waals surface area contributed by atoms with Crippen molar-refractivity contribution >= 4 is 6.29 Å². The van der Waals surface area contributed by atoms with Crippen LogP contribution < -0.4 is 0 Å². The maximum Gasteiger partial charge on any atom is 0.170 e. The highest BCUT2D eigenvalue weighted by Crippen LogP contribution is 2.38. The van der Waals surface area contributed by atoms with Gasteiger partial charge in [-0.1, -0.05) is 54.9 Å². The van der Waals surface area contributed by atoms with Crippen molar-refractivity contribution < 1.29 is 9.32 Å². The third kappa shape index (κ3) is 2.46. The summed E-state index contributed by atoms with van der Waals surface area (Å²) in [4.78, 5) is 11.0. The molecule has 0 saturated heterocycles. The summed E-state index contributed by atoms with van der Waals surface area (Å²) in [5, 5.41) is 4.33. The van der Waals surface area contributed by atoms with Crippen molar-refractivity contribution in [1.82, 2.24) is 5.16 Å². The molecule has 0 radical (unpaired) electrons. The molecule has 0 spiro atoms. The molecule has 120 valence electrons. The summed E-state index contributed by atoms with van der Waals surface area (Å²) < 4.78 is 5.70. The quantitative estimate of drug-likeness (QED) is 0.645. The second-order valence-electron chi connectivity index (χ2n) is 6.32. The minimum Gasteiger partial charge on any atom is -0.355 e. The molecule has 3 heteroatoms. The minimum atomic E-state index is 0.715. The molecule has 2 aromatic carbocycles. The second-order valence-corrected chi connectivity index (χ2v) is 6.32. The Kier molecular flexibility index (Phi) is 3.77. The highest BCUT2D eigenvalue weighted by molar-refractivity contribution is 5.81. The number of rotatable bonds is 4. The smallest absolute Gasteiger partial charge is 0.170 e. The highest BCUT2D eigenvalue weighted by atomic mass is 16.5. The monoisotopic (exact) mass is 317 g/mol. The van der Waals surface area contributed by atoms with E-state index in [1.54, 1.807) is 0 Å². The number of aryl methyl sites for hydroxylation is 2. The molecule has 3 nitrogen and oxygen atoms in total. The van der Waals surface area contributed by atoms with Gasteiger partial charge >= 0.3 is 0 Å². The molecule has 0 amide bonds. The average molecular weight is 317 g/mol. The van der Waals surface area contributed by atoms with E-state index in [1.165, 1.54) is 16.7 Å². The first-order valence-electron chi connectivity index (χ1n) is 8.46. The largest absolute Gasteiger partial charge is 0.355 e. The van der Waals surface area contributed by atoms with Gasteiger partial charge in [0.2, 0.25) is 0 Å². The van der Waals surface area contributed by atoms with E-state index in [4.69, 9.17) is 4.52 Å². The Morgan fingerprint density at radius 3 is 2.71 bits per heavy atom. The van der Waals surface area contributed by atoms with Gasteiger partial charge in [0.25, 0.3) is 0 Å². The maximum atomic E-state index is 11.0. The molecule has 0 saturated carbocycles. The van der Waals surface area contributed by atoms with Crippen molar-refractivity contribution in [3.63, 3.8) is 0 Å². The van der Waals surface area contributed by atoms with Crippen LogP contribution in [0.1, 0.15) is 40.4 Å². The summed E-state index contributed by atoms with van der Waals surface area (Å²) in [6.07, 6.45) is 4.94. The number of hydrogen-bond donors (Lipinski definition) is 0. The Labute approximate surface area is 141 Å². The van der Waals surface area contributed by atoms with Crippen LogP contribution in [0.15, 0.2) is 47.0 Å². The molecule has 0 bridgehead atoms. The van der Waals surface area contributed by atoms with E-state index in [2.05, 4.69) is 36.3 Å². The van der Waals surface area contributed by atoms with Gasteiger partial charge in [-0.15, -0.1) is 0 Å². The van der Waals surface area contributed by atoms with Crippen LogP contribution in [0.2, 0.25) is 0 Å². The number of benzene rings is 2. The topological polar surface area (TPSA) is 43.1 Å². The first-order chi connectivity index (χ1) is 11.8. The van der Waals surface area contributed by atoms with Crippen molar-refractivity contribution in [1.29, 1.82) is 0 Å². The van der Waals surface area contributed by atoms with E-state index in [-0.39, 0.29) is 0 Å². The van der Waals surface area contributed by atoms with Crippen LogP contribution in [-0.2, 0) is 19.3 Å². The molecule has 3 aromatic rings. The van der Waals surface area contributed by atoms with Crippen molar-refractivity contribution in [2.24, 2.45) is 0 Å². The Balaban J connectivity index is 1.74. The van der Waals surface area contributed by atoms with E-state index in [0.29, 0.717) is 5.56 Å². The van der Waals surface area contributed by atoms with Gasteiger partial charge in [-0.25, -0.2) is 0 Å². The van der Waals surface area contributed by atoms with Crippen LogP contribution in [0.5, 0.6) is 0 Å². The second kappa shape index (κ2) is 6.08. The zero-order valence-electron chi connectivity index (χ0n) is 13.7. The lowest BCUT2D eigenvalue weighted by Crippen LogP contribution is -2.04. The molecule has 0 N–H and O–H groups in total. The standard InChI is InChI=1S/C21H19NO2/c1-2-3-14-4-7-16(8-5-14)21-19-11-9-17-12-15(13-23)6-10-18(17)20(19)22-24-21/h4-8,10,12-13H,2-3,9,11H2,1H3. The van der Waals surface area contributed by atoms with Crippen LogP contribution in [0.4, 0.5) is 0 Å². The highest BCUT2D eigenvalue weighted by Gasteiger charge is 2.24. The van der Waals surface area contributed by atoms with Crippen LogP contribution in [0.3, 0.4) is 0 Å². The van der Waals surface area contributed by atoms with Crippen LogP contribution in [-0.4, -0.2) is 11.4 Å². The van der Waals surface area contributed by atoms with Gasteiger partial charge in [0.1, 0.15) is 12.0 Å². The first kappa shape index (κ1) is 14.9. The van der Waals surface area contributed by atoms with Gasteiger partial charge in [-0.3, -0.25) is 4.79 Å². The predicted octanol–water partition coefficient (Wildman–Crippen LogP) is 4.87. The zero-order valence-corrected chi connectivity index (χ0v) is 13.7. The van der Waals surface area contributed by atoms with Gasteiger partial charge < -0.3 is 4.52 Å². The molecule has 1 aromatic heterocycles. The fraction of sp³-hybridized carbons (Fsp3) is 0.238. The molecule has 1 heterocycles. The molecule has 24 heavy (non-hydrogen) atoms. The third-order valence-electron chi connectivity index (χ3n) is 4.71. The molecule has 1 aliphatic carbocycles. The summed E-state index contributed by atoms with van der Waals surface area (Å²) in [6, 6.07) is 14.4. The van der Waals surface area contributed by atoms with Crippen LogP contribution >= 0.6 is 0 Å². The molecular formula is C21H19NO2. The van der Waals surface area contributed by atoms with Gasteiger partial charge in [-0.05, 0) is 36.5 Å². The number of carbonyl (C=O) groups is 1. The number of nitrogens with zero attached hydrogens (tertiary/aromatic N) is 1. The van der Waals surface area contributed by atoms with E-state index in [1.807, 2.05) is 18.2 Å². The molecule has 1 aliphatic rings. The van der Waals surface area contributed by atoms with Crippen molar-refractivity contribution in [3.8, 4) is 22.6 Å². The molecule has 0 unspecified atom stereocenters. The van der Waals surface area contributed by atoms with E-state index >= 15 is 0 Å². The summed E-state index contributed by atoms with van der Waals surface area (Å²) in [5.74, 6) is 0.873. The summed E-state index contributed by atoms with van der Waals surface area (Å²) >= 11 is 0. The molecule has 4 rings (SSSR count). The molecular weight excluding hydrogens is 298 g/mol. The Morgan fingerprint density at radius 2 is 1.96 bits per heavy atom. The number of fused-ring (bicyclic) bond motifs is 3. The Bertz CT molecular complexity index is 891. The number of carbonyl (C=O) groups excluding carboxylic acids is 1. The number of aldehydes is 1. The summed E-state index contributed by atoms with van der Waals surface area (Å²) in [6.45, 7) is 2.19.